The van der Waals surface area contributed by atoms with E-state index in [9.17, 15) is 13.2 Å². The van der Waals surface area contributed by atoms with Gasteiger partial charge in [0.05, 0.1) is 5.69 Å². The van der Waals surface area contributed by atoms with Crippen molar-refractivity contribution in [3.05, 3.63) is 53.6 Å². The Hall–Kier alpha value is -2.37. The fourth-order valence-corrected chi connectivity index (χ4v) is 2.51. The first-order chi connectivity index (χ1) is 9.92. The van der Waals surface area contributed by atoms with E-state index in [4.69, 9.17) is 5.73 Å². The second kappa shape index (κ2) is 4.87. The second-order valence-electron chi connectivity index (χ2n) is 4.90. The van der Waals surface area contributed by atoms with Crippen molar-refractivity contribution in [2.45, 2.75) is 19.5 Å². The van der Waals surface area contributed by atoms with Gasteiger partial charge in [-0.3, -0.25) is 0 Å². The molecule has 2 N–H and O–H groups in total. The average molecular weight is 294 g/mol. The third kappa shape index (κ3) is 2.89. The molecule has 6 heteroatoms. The number of para-hydroxylation sites is 2. The zero-order valence-electron chi connectivity index (χ0n) is 11.0. The molecule has 0 saturated carbocycles. The van der Waals surface area contributed by atoms with Crippen LogP contribution in [-0.2, 0) is 13.1 Å². The minimum absolute atomic E-state index is 0.189. The molecule has 0 amide bonds. The van der Waals surface area contributed by atoms with Crippen molar-refractivity contribution < 1.29 is 17.9 Å². The van der Waals surface area contributed by atoms with Crippen LogP contribution in [0.2, 0.25) is 0 Å². The van der Waals surface area contributed by atoms with E-state index in [1.165, 1.54) is 12.1 Å². The summed E-state index contributed by atoms with van der Waals surface area (Å²) in [7, 11) is 0. The summed E-state index contributed by atoms with van der Waals surface area (Å²) in [5.41, 5.74) is 8.89. The topological polar surface area (TPSA) is 38.5 Å². The van der Waals surface area contributed by atoms with Crippen molar-refractivity contribution >= 4 is 11.4 Å². The minimum atomic E-state index is -4.70. The van der Waals surface area contributed by atoms with Crippen molar-refractivity contribution in [2.75, 3.05) is 10.6 Å². The largest absolute Gasteiger partial charge is 0.573 e. The van der Waals surface area contributed by atoms with Gasteiger partial charge in [-0.05, 0) is 35.4 Å². The maximum absolute atomic E-state index is 12.5. The Kier molecular flexibility index (Phi) is 3.16. The molecular formula is C15H13F3N2O. The van der Waals surface area contributed by atoms with Crippen molar-refractivity contribution in [3.63, 3.8) is 0 Å². The third-order valence-corrected chi connectivity index (χ3v) is 3.38. The molecule has 2 aromatic carbocycles. The Balaban J connectivity index is 1.90. The van der Waals surface area contributed by atoms with E-state index in [1.807, 2.05) is 17.0 Å². The number of rotatable bonds is 2. The van der Waals surface area contributed by atoms with Crippen LogP contribution in [0.5, 0.6) is 5.75 Å². The zero-order chi connectivity index (χ0) is 15.0. The van der Waals surface area contributed by atoms with Gasteiger partial charge in [-0.15, -0.1) is 13.2 Å². The number of fused-ring (bicyclic) bond motifs is 1. The Morgan fingerprint density at radius 3 is 2.48 bits per heavy atom. The number of anilines is 2. The summed E-state index contributed by atoms with van der Waals surface area (Å²) in [5, 5.41) is 0. The van der Waals surface area contributed by atoms with Gasteiger partial charge in [0, 0.05) is 18.8 Å². The summed E-state index contributed by atoms with van der Waals surface area (Å²) in [6.07, 6.45) is -4.70. The number of nitrogens with two attached hydrogens (primary N) is 1. The van der Waals surface area contributed by atoms with Crippen molar-refractivity contribution in [2.24, 2.45) is 0 Å². The van der Waals surface area contributed by atoms with E-state index in [0.717, 1.165) is 11.1 Å². The summed E-state index contributed by atoms with van der Waals surface area (Å²) >= 11 is 0. The van der Waals surface area contributed by atoms with Gasteiger partial charge in [0.25, 0.3) is 0 Å². The van der Waals surface area contributed by atoms with Gasteiger partial charge in [-0.1, -0.05) is 18.2 Å². The molecular weight excluding hydrogens is 281 g/mol. The van der Waals surface area contributed by atoms with Crippen LogP contribution in [0.4, 0.5) is 24.5 Å². The standard InChI is InChI=1S/C15H13F3N2O/c16-15(17,18)21-14-4-2-1-3-13(14)20-8-10-5-6-12(19)7-11(10)9-20/h1-7H,8-9,19H2. The number of benzene rings is 2. The van der Waals surface area contributed by atoms with Gasteiger partial charge in [0.15, 0.2) is 5.75 Å². The highest BCUT2D eigenvalue weighted by Gasteiger charge is 2.33. The lowest BCUT2D eigenvalue weighted by molar-refractivity contribution is -0.274. The number of nitrogen functional groups attached to an aromatic ring is 1. The van der Waals surface area contributed by atoms with E-state index >= 15 is 0 Å². The first kappa shape index (κ1) is 13.6. The van der Waals surface area contributed by atoms with Crippen molar-refractivity contribution in [3.8, 4) is 5.75 Å². The molecule has 0 aliphatic carbocycles. The summed E-state index contributed by atoms with van der Waals surface area (Å²) in [6.45, 7) is 1.05. The van der Waals surface area contributed by atoms with E-state index in [0.29, 0.717) is 24.5 Å². The lowest BCUT2D eigenvalue weighted by Gasteiger charge is -2.21. The first-order valence-corrected chi connectivity index (χ1v) is 6.39. The van der Waals surface area contributed by atoms with Crippen LogP contribution in [0.25, 0.3) is 0 Å². The second-order valence-corrected chi connectivity index (χ2v) is 4.90. The fraction of sp³-hybridized carbons (Fsp3) is 0.200. The molecule has 1 aliphatic rings. The average Bonchev–Trinajstić information content (AvgIpc) is 2.80. The van der Waals surface area contributed by atoms with Crippen molar-refractivity contribution in [1.82, 2.24) is 0 Å². The fourth-order valence-electron chi connectivity index (χ4n) is 2.51. The Bertz CT molecular complexity index is 670. The van der Waals surface area contributed by atoms with Crippen LogP contribution < -0.4 is 15.4 Å². The van der Waals surface area contributed by atoms with Gasteiger partial charge in [-0.25, -0.2) is 0 Å². The first-order valence-electron chi connectivity index (χ1n) is 6.39. The van der Waals surface area contributed by atoms with Gasteiger partial charge in [0.2, 0.25) is 0 Å². The molecule has 0 radical (unpaired) electrons. The smallest absolute Gasteiger partial charge is 0.404 e. The van der Waals surface area contributed by atoms with Crippen LogP contribution in [0.15, 0.2) is 42.5 Å². The summed E-state index contributed by atoms with van der Waals surface area (Å²) in [4.78, 5) is 1.84. The van der Waals surface area contributed by atoms with Gasteiger partial charge in [0.1, 0.15) is 0 Å². The van der Waals surface area contributed by atoms with Crippen LogP contribution in [0.3, 0.4) is 0 Å². The zero-order valence-corrected chi connectivity index (χ0v) is 11.0. The molecule has 2 aromatic rings. The van der Waals surface area contributed by atoms with Crippen molar-refractivity contribution in [1.29, 1.82) is 0 Å². The molecule has 0 atom stereocenters. The molecule has 0 bridgehead atoms. The molecule has 110 valence electrons. The number of alkyl halides is 3. The Morgan fingerprint density at radius 1 is 1.00 bits per heavy atom. The van der Waals surface area contributed by atoms with Gasteiger partial charge >= 0.3 is 6.36 Å². The van der Waals surface area contributed by atoms with Crippen LogP contribution in [0, 0.1) is 0 Å². The number of ether oxygens (including phenoxy) is 1. The quantitative estimate of drug-likeness (QED) is 0.859. The lowest BCUT2D eigenvalue weighted by atomic mass is 10.1. The molecule has 0 saturated heterocycles. The minimum Gasteiger partial charge on any atom is -0.404 e. The number of halogens is 3. The van der Waals surface area contributed by atoms with Gasteiger partial charge in [-0.2, -0.15) is 0 Å². The highest BCUT2D eigenvalue weighted by Crippen LogP contribution is 2.37. The van der Waals surface area contributed by atoms with Crippen LogP contribution >= 0.6 is 0 Å². The van der Waals surface area contributed by atoms with Crippen LogP contribution in [-0.4, -0.2) is 6.36 Å². The lowest BCUT2D eigenvalue weighted by Crippen LogP contribution is -2.21. The predicted octanol–water partition coefficient (Wildman–Crippen LogP) is 3.69. The van der Waals surface area contributed by atoms with Crippen LogP contribution in [0.1, 0.15) is 11.1 Å². The third-order valence-electron chi connectivity index (χ3n) is 3.38. The highest BCUT2D eigenvalue weighted by molar-refractivity contribution is 5.62. The SMILES string of the molecule is Nc1ccc2c(c1)CN(c1ccccc1OC(F)(F)F)C2. The molecule has 0 aromatic heterocycles. The summed E-state index contributed by atoms with van der Waals surface area (Å²) < 4.78 is 41.5. The molecule has 0 fully saturated rings. The molecule has 1 heterocycles. The molecule has 0 spiro atoms. The summed E-state index contributed by atoms with van der Waals surface area (Å²) in [6, 6.07) is 11.7. The number of hydrogen-bond donors (Lipinski definition) is 1. The summed E-state index contributed by atoms with van der Waals surface area (Å²) in [5.74, 6) is -0.189. The Morgan fingerprint density at radius 2 is 1.71 bits per heavy atom. The molecule has 3 rings (SSSR count). The maximum atomic E-state index is 12.5. The highest BCUT2D eigenvalue weighted by atomic mass is 19.4. The number of hydrogen-bond acceptors (Lipinski definition) is 3. The van der Waals surface area contributed by atoms with E-state index in [2.05, 4.69) is 4.74 Å². The normalized spacial score (nSPS) is 14.1. The van der Waals surface area contributed by atoms with Gasteiger partial charge < -0.3 is 15.4 Å². The maximum Gasteiger partial charge on any atom is 0.573 e. The van der Waals surface area contributed by atoms with E-state index in [-0.39, 0.29) is 5.75 Å². The predicted molar refractivity (Wildman–Crippen MR) is 73.9 cm³/mol. The monoisotopic (exact) mass is 294 g/mol. The van der Waals surface area contributed by atoms with E-state index in [1.54, 1.807) is 18.2 Å². The molecule has 3 nitrogen and oxygen atoms in total. The molecule has 1 aliphatic heterocycles. The molecule has 21 heavy (non-hydrogen) atoms. The molecule has 0 unspecified atom stereocenters. The van der Waals surface area contributed by atoms with E-state index < -0.39 is 6.36 Å². The Labute approximate surface area is 119 Å². The number of nitrogens with zero attached hydrogens (tertiary/aromatic N) is 1.